The van der Waals surface area contributed by atoms with Gasteiger partial charge in [0.15, 0.2) is 0 Å². The van der Waals surface area contributed by atoms with Crippen molar-refractivity contribution >= 4 is 11.9 Å². The van der Waals surface area contributed by atoms with Gasteiger partial charge in [0.2, 0.25) is 5.91 Å². The molecule has 0 aliphatic rings. The first-order valence-electron chi connectivity index (χ1n) is 7.40. The molecule has 1 amide bonds. The minimum Gasteiger partial charge on any atom is -0.507 e. The molecule has 1 unspecified atom stereocenters. The van der Waals surface area contributed by atoms with Crippen molar-refractivity contribution in [3.8, 4) is 16.9 Å². The average molecular weight is 313 g/mol. The smallest absolute Gasteiger partial charge is 0.326 e. The van der Waals surface area contributed by atoms with Gasteiger partial charge >= 0.3 is 5.97 Å². The number of carbonyl (C=O) groups is 2. The van der Waals surface area contributed by atoms with E-state index in [2.05, 4.69) is 5.32 Å². The molecular weight excluding hydrogens is 294 g/mol. The van der Waals surface area contributed by atoms with Gasteiger partial charge in [-0.15, -0.1) is 0 Å². The van der Waals surface area contributed by atoms with Crippen molar-refractivity contribution in [3.63, 3.8) is 0 Å². The first-order chi connectivity index (χ1) is 11.0. The van der Waals surface area contributed by atoms with Crippen LogP contribution >= 0.6 is 0 Å². The molecule has 0 aliphatic carbocycles. The molecule has 5 heteroatoms. The summed E-state index contributed by atoms with van der Waals surface area (Å²) in [5.41, 5.74) is 2.20. The van der Waals surface area contributed by atoms with E-state index in [4.69, 9.17) is 0 Å². The standard InChI is InChI=1S/C18H19NO4/c1-2-17(21)19-15(18(22)23)11-12-8-9-16(20)14(10-12)13-6-4-3-5-7-13/h3-10,15,20H,2,11H2,1H3,(H,19,21)(H,22,23). The number of phenols is 1. The van der Waals surface area contributed by atoms with Crippen LogP contribution in [0.25, 0.3) is 11.1 Å². The molecule has 0 aliphatic heterocycles. The minimum atomic E-state index is -1.08. The summed E-state index contributed by atoms with van der Waals surface area (Å²) in [5.74, 6) is -1.26. The third-order valence-electron chi connectivity index (χ3n) is 3.54. The predicted molar refractivity (Wildman–Crippen MR) is 87.1 cm³/mol. The number of carbonyl (C=O) groups excluding carboxylic acids is 1. The maximum Gasteiger partial charge on any atom is 0.326 e. The van der Waals surface area contributed by atoms with Crippen LogP contribution < -0.4 is 5.32 Å². The van der Waals surface area contributed by atoms with Gasteiger partial charge in [-0.2, -0.15) is 0 Å². The number of benzene rings is 2. The number of rotatable bonds is 6. The molecule has 1 atom stereocenters. The van der Waals surface area contributed by atoms with E-state index in [0.29, 0.717) is 5.56 Å². The first kappa shape index (κ1) is 16.5. The van der Waals surface area contributed by atoms with Gasteiger partial charge in [-0.3, -0.25) is 4.79 Å². The summed E-state index contributed by atoms with van der Waals surface area (Å²) in [6, 6.07) is 13.3. The maximum absolute atomic E-state index is 11.4. The molecule has 0 saturated carbocycles. The molecule has 0 fully saturated rings. The maximum atomic E-state index is 11.4. The van der Waals surface area contributed by atoms with Gasteiger partial charge < -0.3 is 15.5 Å². The minimum absolute atomic E-state index is 0.129. The van der Waals surface area contributed by atoms with Crippen molar-refractivity contribution in [1.29, 1.82) is 0 Å². The van der Waals surface area contributed by atoms with E-state index in [1.165, 1.54) is 6.07 Å². The fourth-order valence-electron chi connectivity index (χ4n) is 2.29. The largest absolute Gasteiger partial charge is 0.507 e. The summed E-state index contributed by atoms with van der Waals surface area (Å²) in [6.45, 7) is 1.67. The van der Waals surface area contributed by atoms with Gasteiger partial charge in [-0.05, 0) is 23.3 Å². The number of aromatic hydroxyl groups is 1. The molecule has 0 radical (unpaired) electrons. The molecular formula is C18H19NO4. The Balaban J connectivity index is 2.26. The molecule has 2 aromatic rings. The lowest BCUT2D eigenvalue weighted by Crippen LogP contribution is -2.42. The number of nitrogens with one attached hydrogen (secondary N) is 1. The summed E-state index contributed by atoms with van der Waals surface area (Å²) < 4.78 is 0. The average Bonchev–Trinajstić information content (AvgIpc) is 2.56. The highest BCUT2D eigenvalue weighted by Crippen LogP contribution is 2.30. The molecule has 0 bridgehead atoms. The van der Waals surface area contributed by atoms with E-state index >= 15 is 0 Å². The number of carboxylic acid groups (broad SMARTS) is 1. The van der Waals surface area contributed by atoms with E-state index in [1.807, 2.05) is 30.3 Å². The molecule has 2 rings (SSSR count). The molecule has 3 N–H and O–H groups in total. The lowest BCUT2D eigenvalue weighted by molar-refractivity contribution is -0.141. The van der Waals surface area contributed by atoms with Crippen LogP contribution in [0.15, 0.2) is 48.5 Å². The Bertz CT molecular complexity index is 697. The lowest BCUT2D eigenvalue weighted by atomic mass is 9.98. The molecule has 120 valence electrons. The van der Waals surface area contributed by atoms with Crippen LogP contribution in [0.5, 0.6) is 5.75 Å². The number of hydrogen-bond donors (Lipinski definition) is 3. The quantitative estimate of drug-likeness (QED) is 0.765. The van der Waals surface area contributed by atoms with Crippen LogP contribution in [-0.4, -0.2) is 28.1 Å². The fraction of sp³-hybridized carbons (Fsp3) is 0.222. The first-order valence-corrected chi connectivity index (χ1v) is 7.40. The summed E-state index contributed by atoms with van der Waals surface area (Å²) in [5, 5.41) is 21.8. The Kier molecular flexibility index (Phi) is 5.36. The van der Waals surface area contributed by atoms with Gasteiger partial charge in [0.25, 0.3) is 0 Å². The molecule has 2 aromatic carbocycles. The zero-order valence-corrected chi connectivity index (χ0v) is 12.8. The lowest BCUT2D eigenvalue weighted by Gasteiger charge is -2.15. The highest BCUT2D eigenvalue weighted by molar-refractivity contribution is 5.83. The SMILES string of the molecule is CCC(=O)NC(Cc1ccc(O)c(-c2ccccc2)c1)C(=O)O. The van der Waals surface area contributed by atoms with E-state index in [0.717, 1.165) is 11.1 Å². The Morgan fingerprint density at radius 1 is 1.13 bits per heavy atom. The number of hydrogen-bond acceptors (Lipinski definition) is 3. The molecule has 0 aromatic heterocycles. The van der Waals surface area contributed by atoms with E-state index < -0.39 is 12.0 Å². The molecule has 0 heterocycles. The second kappa shape index (κ2) is 7.45. The Morgan fingerprint density at radius 2 is 1.83 bits per heavy atom. The monoisotopic (exact) mass is 313 g/mol. The van der Waals surface area contributed by atoms with Crippen LogP contribution in [0.3, 0.4) is 0 Å². The number of phenolic OH excluding ortho intramolecular Hbond substituents is 1. The highest BCUT2D eigenvalue weighted by Gasteiger charge is 2.20. The summed E-state index contributed by atoms with van der Waals surface area (Å²) >= 11 is 0. The van der Waals surface area contributed by atoms with Crippen molar-refractivity contribution in [1.82, 2.24) is 5.32 Å². The summed E-state index contributed by atoms with van der Waals surface area (Å²) in [7, 11) is 0. The zero-order valence-electron chi connectivity index (χ0n) is 12.8. The Morgan fingerprint density at radius 3 is 2.43 bits per heavy atom. The second-order valence-corrected chi connectivity index (χ2v) is 5.23. The van der Waals surface area contributed by atoms with Gasteiger partial charge in [0.1, 0.15) is 11.8 Å². The predicted octanol–water partition coefficient (Wildman–Crippen LogP) is 2.58. The van der Waals surface area contributed by atoms with Gasteiger partial charge in [-0.25, -0.2) is 4.79 Å². The Hall–Kier alpha value is -2.82. The van der Waals surface area contributed by atoms with E-state index in [1.54, 1.807) is 19.1 Å². The van der Waals surface area contributed by atoms with Gasteiger partial charge in [0.05, 0.1) is 0 Å². The highest BCUT2D eigenvalue weighted by atomic mass is 16.4. The van der Waals surface area contributed by atoms with Crippen LogP contribution in [0.1, 0.15) is 18.9 Å². The third kappa shape index (κ3) is 4.32. The molecule has 0 spiro atoms. The topological polar surface area (TPSA) is 86.6 Å². The van der Waals surface area contributed by atoms with Crippen molar-refractivity contribution in [2.45, 2.75) is 25.8 Å². The van der Waals surface area contributed by atoms with Crippen LogP contribution in [-0.2, 0) is 16.0 Å². The van der Waals surface area contributed by atoms with Crippen LogP contribution in [0.4, 0.5) is 0 Å². The summed E-state index contributed by atoms with van der Waals surface area (Å²) in [4.78, 5) is 22.8. The van der Waals surface area contributed by atoms with Crippen molar-refractivity contribution < 1.29 is 19.8 Å². The van der Waals surface area contributed by atoms with Crippen molar-refractivity contribution in [2.75, 3.05) is 0 Å². The molecule has 23 heavy (non-hydrogen) atoms. The summed E-state index contributed by atoms with van der Waals surface area (Å²) in [6.07, 6.45) is 0.385. The van der Waals surface area contributed by atoms with E-state index in [-0.39, 0.29) is 24.5 Å². The third-order valence-corrected chi connectivity index (χ3v) is 3.54. The number of aliphatic carboxylic acids is 1. The van der Waals surface area contributed by atoms with E-state index in [9.17, 15) is 19.8 Å². The number of amides is 1. The normalized spacial score (nSPS) is 11.7. The fourth-order valence-corrected chi connectivity index (χ4v) is 2.29. The molecule has 0 saturated heterocycles. The van der Waals surface area contributed by atoms with Crippen LogP contribution in [0.2, 0.25) is 0 Å². The molecule has 5 nitrogen and oxygen atoms in total. The zero-order chi connectivity index (χ0) is 16.8. The van der Waals surface area contributed by atoms with Crippen molar-refractivity contribution in [2.24, 2.45) is 0 Å². The number of carboxylic acids is 1. The Labute approximate surface area is 134 Å². The van der Waals surface area contributed by atoms with Crippen molar-refractivity contribution in [3.05, 3.63) is 54.1 Å². The van der Waals surface area contributed by atoms with Gasteiger partial charge in [0, 0.05) is 18.4 Å². The van der Waals surface area contributed by atoms with Crippen LogP contribution in [0, 0.1) is 0 Å². The van der Waals surface area contributed by atoms with Gasteiger partial charge in [-0.1, -0.05) is 43.3 Å². The second-order valence-electron chi connectivity index (χ2n) is 5.23.